The Morgan fingerprint density at radius 3 is 3.21 bits per heavy atom. The van der Waals surface area contributed by atoms with Crippen molar-refractivity contribution in [1.29, 1.82) is 0 Å². The van der Waals surface area contributed by atoms with Crippen molar-refractivity contribution in [2.75, 3.05) is 19.7 Å². The summed E-state index contributed by atoms with van der Waals surface area (Å²) in [6.07, 6.45) is 3.23. The quantitative estimate of drug-likeness (QED) is 0.885. The molecule has 0 radical (unpaired) electrons. The number of hydrogen-bond acceptors (Lipinski definition) is 3. The lowest BCUT2D eigenvalue weighted by Crippen LogP contribution is -2.47. The third kappa shape index (κ3) is 4.06. The summed E-state index contributed by atoms with van der Waals surface area (Å²) >= 11 is 0. The Labute approximate surface area is 142 Å². The van der Waals surface area contributed by atoms with Gasteiger partial charge in [0.2, 0.25) is 0 Å². The van der Waals surface area contributed by atoms with Crippen LogP contribution in [-0.2, 0) is 11.3 Å². The molecule has 0 saturated carbocycles. The number of carbonyl (C=O) groups excluding carboxylic acids is 1. The van der Waals surface area contributed by atoms with Gasteiger partial charge in [0.15, 0.2) is 0 Å². The van der Waals surface area contributed by atoms with Gasteiger partial charge in [0.25, 0.3) is 0 Å². The minimum Gasteiger partial charge on any atom is -0.376 e. The van der Waals surface area contributed by atoms with Crippen LogP contribution < -0.4 is 5.32 Å². The van der Waals surface area contributed by atoms with E-state index in [-0.39, 0.29) is 12.1 Å². The molecule has 0 unspecified atom stereocenters. The largest absolute Gasteiger partial charge is 0.376 e. The van der Waals surface area contributed by atoms with E-state index in [1.54, 1.807) is 0 Å². The molecule has 2 N–H and O–H groups in total. The molecule has 2 aromatic rings. The molecule has 1 aromatic carbocycles. The van der Waals surface area contributed by atoms with Crippen molar-refractivity contribution in [2.45, 2.75) is 45.8 Å². The second kappa shape index (κ2) is 7.66. The summed E-state index contributed by atoms with van der Waals surface area (Å²) in [6, 6.07) is 6.02. The zero-order valence-electron chi connectivity index (χ0n) is 14.5. The van der Waals surface area contributed by atoms with Gasteiger partial charge in [-0.2, -0.15) is 0 Å². The van der Waals surface area contributed by atoms with Crippen molar-refractivity contribution in [3.63, 3.8) is 0 Å². The summed E-state index contributed by atoms with van der Waals surface area (Å²) < 4.78 is 5.79. The van der Waals surface area contributed by atoms with Gasteiger partial charge in [0.1, 0.15) is 5.82 Å². The van der Waals surface area contributed by atoms with Crippen molar-refractivity contribution < 1.29 is 9.53 Å². The summed E-state index contributed by atoms with van der Waals surface area (Å²) in [6.45, 7) is 6.81. The molecule has 2 amide bonds. The summed E-state index contributed by atoms with van der Waals surface area (Å²) in [4.78, 5) is 21.9. The van der Waals surface area contributed by atoms with E-state index in [2.05, 4.69) is 22.2 Å². The monoisotopic (exact) mass is 330 g/mol. The molecule has 6 nitrogen and oxygen atoms in total. The van der Waals surface area contributed by atoms with Crippen LogP contribution in [0.2, 0.25) is 0 Å². The molecule has 24 heavy (non-hydrogen) atoms. The molecule has 6 heteroatoms. The first-order chi connectivity index (χ1) is 11.7. The molecule has 1 aromatic heterocycles. The molecular formula is C18H26N4O2. The standard InChI is InChI=1S/C18H26N4O2/c1-3-9-24-15-5-4-8-22(12-15)18(23)19-11-14-6-7-16-17(10-14)21-13(2)20-16/h6-7,10,15H,3-5,8-9,11-12H2,1-2H3,(H,19,23)(H,20,21)/t15-/m1/s1. The van der Waals surface area contributed by atoms with Gasteiger partial charge < -0.3 is 19.9 Å². The number of benzene rings is 1. The third-order valence-electron chi connectivity index (χ3n) is 4.33. The lowest BCUT2D eigenvalue weighted by molar-refractivity contribution is 0.0100. The normalized spacial score (nSPS) is 18.1. The molecule has 0 aliphatic carbocycles. The van der Waals surface area contributed by atoms with E-state index in [9.17, 15) is 4.79 Å². The van der Waals surface area contributed by atoms with Crippen LogP contribution in [0.25, 0.3) is 11.0 Å². The highest BCUT2D eigenvalue weighted by atomic mass is 16.5. The van der Waals surface area contributed by atoms with Crippen molar-refractivity contribution in [1.82, 2.24) is 20.2 Å². The maximum atomic E-state index is 12.4. The van der Waals surface area contributed by atoms with E-state index in [4.69, 9.17) is 4.74 Å². The Kier molecular flexibility index (Phi) is 5.35. The van der Waals surface area contributed by atoms with Gasteiger partial charge in [-0.1, -0.05) is 13.0 Å². The van der Waals surface area contributed by atoms with Crippen LogP contribution in [0, 0.1) is 6.92 Å². The number of nitrogens with one attached hydrogen (secondary N) is 2. The zero-order chi connectivity index (χ0) is 16.9. The van der Waals surface area contributed by atoms with Gasteiger partial charge in [-0.25, -0.2) is 9.78 Å². The minimum absolute atomic E-state index is 0.0133. The Bertz CT molecular complexity index is 697. The highest BCUT2D eigenvalue weighted by Crippen LogP contribution is 2.15. The number of aromatic amines is 1. The van der Waals surface area contributed by atoms with E-state index < -0.39 is 0 Å². The number of urea groups is 1. The number of rotatable bonds is 5. The summed E-state index contributed by atoms with van der Waals surface area (Å²) in [5.74, 6) is 0.901. The Morgan fingerprint density at radius 2 is 2.38 bits per heavy atom. The fourth-order valence-electron chi connectivity index (χ4n) is 3.13. The number of piperidine rings is 1. The highest BCUT2D eigenvalue weighted by molar-refractivity contribution is 5.77. The lowest BCUT2D eigenvalue weighted by atomic mass is 10.1. The van der Waals surface area contributed by atoms with E-state index in [0.29, 0.717) is 13.1 Å². The molecule has 0 spiro atoms. The van der Waals surface area contributed by atoms with E-state index >= 15 is 0 Å². The van der Waals surface area contributed by atoms with Crippen LogP contribution in [0.5, 0.6) is 0 Å². The van der Waals surface area contributed by atoms with Gasteiger partial charge in [-0.3, -0.25) is 0 Å². The number of nitrogens with zero attached hydrogens (tertiary/aromatic N) is 2. The number of fused-ring (bicyclic) bond motifs is 1. The SMILES string of the molecule is CCCO[C@@H]1CCCN(C(=O)NCc2ccc3nc(C)[nH]c3c2)C1. The summed E-state index contributed by atoms with van der Waals surface area (Å²) in [5.41, 5.74) is 3.02. The molecule has 1 aliphatic rings. The molecule has 1 saturated heterocycles. The second-order valence-electron chi connectivity index (χ2n) is 6.41. The number of likely N-dealkylation sites (tertiary alicyclic amines) is 1. The van der Waals surface area contributed by atoms with Gasteiger partial charge in [0.05, 0.1) is 17.1 Å². The molecular weight excluding hydrogens is 304 g/mol. The Hall–Kier alpha value is -2.08. The second-order valence-corrected chi connectivity index (χ2v) is 6.41. The molecule has 2 heterocycles. The first kappa shape index (κ1) is 16.8. The Balaban J connectivity index is 1.53. The number of aryl methyl sites for hydroxylation is 1. The van der Waals surface area contributed by atoms with Crippen LogP contribution in [0.4, 0.5) is 4.79 Å². The van der Waals surface area contributed by atoms with Gasteiger partial charge in [-0.15, -0.1) is 0 Å². The first-order valence-corrected chi connectivity index (χ1v) is 8.75. The molecule has 130 valence electrons. The predicted octanol–water partition coefficient (Wildman–Crippen LogP) is 2.97. The maximum Gasteiger partial charge on any atom is 0.317 e. The summed E-state index contributed by atoms with van der Waals surface area (Å²) in [7, 11) is 0. The van der Waals surface area contributed by atoms with Crippen LogP contribution in [0.1, 0.15) is 37.6 Å². The van der Waals surface area contributed by atoms with Crippen LogP contribution in [0.3, 0.4) is 0 Å². The smallest absolute Gasteiger partial charge is 0.317 e. The number of aromatic nitrogens is 2. The minimum atomic E-state index is -0.0133. The van der Waals surface area contributed by atoms with Crippen LogP contribution >= 0.6 is 0 Å². The van der Waals surface area contributed by atoms with Gasteiger partial charge in [0, 0.05) is 26.2 Å². The zero-order valence-corrected chi connectivity index (χ0v) is 14.5. The summed E-state index contributed by atoms with van der Waals surface area (Å²) in [5, 5.41) is 3.01. The average Bonchev–Trinajstić information content (AvgIpc) is 2.97. The van der Waals surface area contributed by atoms with E-state index in [1.165, 1.54) is 0 Å². The number of amides is 2. The van der Waals surface area contributed by atoms with Crippen LogP contribution in [0.15, 0.2) is 18.2 Å². The number of ether oxygens (including phenoxy) is 1. The number of H-pyrrole nitrogens is 1. The van der Waals surface area contributed by atoms with Gasteiger partial charge in [-0.05, 0) is 43.9 Å². The maximum absolute atomic E-state index is 12.4. The first-order valence-electron chi connectivity index (χ1n) is 8.75. The fourth-order valence-corrected chi connectivity index (χ4v) is 3.13. The van der Waals surface area contributed by atoms with Crippen molar-refractivity contribution >= 4 is 17.1 Å². The molecule has 1 aliphatic heterocycles. The topological polar surface area (TPSA) is 70.2 Å². The molecule has 0 bridgehead atoms. The van der Waals surface area contributed by atoms with E-state index in [1.807, 2.05) is 30.0 Å². The lowest BCUT2D eigenvalue weighted by Gasteiger charge is -2.32. The van der Waals surface area contributed by atoms with Crippen molar-refractivity contribution in [3.8, 4) is 0 Å². The predicted molar refractivity (Wildman–Crippen MR) is 93.9 cm³/mol. The van der Waals surface area contributed by atoms with Crippen molar-refractivity contribution in [3.05, 3.63) is 29.6 Å². The van der Waals surface area contributed by atoms with Crippen molar-refractivity contribution in [2.24, 2.45) is 0 Å². The van der Waals surface area contributed by atoms with Gasteiger partial charge >= 0.3 is 6.03 Å². The van der Waals surface area contributed by atoms with E-state index in [0.717, 1.165) is 54.8 Å². The number of carbonyl (C=O) groups is 1. The highest BCUT2D eigenvalue weighted by Gasteiger charge is 2.23. The fraction of sp³-hybridized carbons (Fsp3) is 0.556. The number of imidazole rings is 1. The molecule has 1 atom stereocenters. The Morgan fingerprint density at radius 1 is 1.50 bits per heavy atom. The molecule has 1 fully saturated rings. The third-order valence-corrected chi connectivity index (χ3v) is 4.33. The molecule has 3 rings (SSSR count). The average molecular weight is 330 g/mol. The number of hydrogen-bond donors (Lipinski definition) is 2. The van der Waals surface area contributed by atoms with Crippen LogP contribution in [-0.4, -0.2) is 46.7 Å².